The number of rotatable bonds is 7. The van der Waals surface area contributed by atoms with E-state index in [4.69, 9.17) is 4.42 Å². The van der Waals surface area contributed by atoms with E-state index in [0.29, 0.717) is 0 Å². The maximum Gasteiger partial charge on any atom is 0.135 e. The van der Waals surface area contributed by atoms with Crippen LogP contribution in [0.25, 0.3) is 72.4 Å². The number of aromatic nitrogens is 1. The van der Waals surface area contributed by atoms with E-state index < -0.39 is 0 Å². The van der Waals surface area contributed by atoms with Gasteiger partial charge in [0.25, 0.3) is 0 Å². The summed E-state index contributed by atoms with van der Waals surface area (Å²) < 4.78 is 8.61. The molecule has 2 aromatic heterocycles. The van der Waals surface area contributed by atoms with E-state index >= 15 is 0 Å². The normalized spacial score (nSPS) is 16.2. The van der Waals surface area contributed by atoms with Crippen LogP contribution in [0.15, 0.2) is 205 Å². The topological polar surface area (TPSA) is 21.3 Å². The molecule has 3 nitrogen and oxygen atoms in total. The molecule has 9 aromatic rings. The number of benzene rings is 7. The summed E-state index contributed by atoms with van der Waals surface area (Å²) in [5, 5.41) is 3.73. The SMILES string of the molecule is C1=CC(N(c2ccccc2)C2C=Cc3oc4ccccc4c3C2)CC=C1c1cccc(-c2ccc3c(c2)c2ccccc2n3-c2ccc(-c3ccccc3)cc2)c1. The maximum absolute atomic E-state index is 6.22. The minimum Gasteiger partial charge on any atom is -0.456 e. The van der Waals surface area contributed by atoms with Crippen molar-refractivity contribution < 1.29 is 4.42 Å². The lowest BCUT2D eigenvalue weighted by Gasteiger charge is -2.39. The summed E-state index contributed by atoms with van der Waals surface area (Å²) in [5.41, 5.74) is 14.5. The summed E-state index contributed by atoms with van der Waals surface area (Å²) in [4.78, 5) is 2.59. The van der Waals surface area contributed by atoms with Crippen LogP contribution in [0.1, 0.15) is 23.3 Å². The Morgan fingerprint density at radius 1 is 0.491 bits per heavy atom. The van der Waals surface area contributed by atoms with Crippen LogP contribution in [-0.4, -0.2) is 16.7 Å². The largest absolute Gasteiger partial charge is 0.456 e. The molecule has 2 heterocycles. The van der Waals surface area contributed by atoms with Crippen molar-refractivity contribution in [2.45, 2.75) is 24.9 Å². The molecule has 0 radical (unpaired) electrons. The number of furan rings is 1. The number of allylic oxidation sites excluding steroid dienone is 2. The Kier molecular flexibility index (Phi) is 8.10. The van der Waals surface area contributed by atoms with Gasteiger partial charge in [-0.25, -0.2) is 0 Å². The zero-order chi connectivity index (χ0) is 37.7. The number of fused-ring (bicyclic) bond motifs is 6. The average Bonchev–Trinajstić information content (AvgIpc) is 3.83. The van der Waals surface area contributed by atoms with Crippen molar-refractivity contribution in [3.05, 3.63) is 217 Å². The first-order chi connectivity index (χ1) is 28.2. The van der Waals surface area contributed by atoms with Gasteiger partial charge in [0.2, 0.25) is 0 Å². The first kappa shape index (κ1) is 33.3. The smallest absolute Gasteiger partial charge is 0.135 e. The summed E-state index contributed by atoms with van der Waals surface area (Å²) in [7, 11) is 0. The lowest BCUT2D eigenvalue weighted by molar-refractivity contribution is 0.572. The van der Waals surface area contributed by atoms with E-state index in [9.17, 15) is 0 Å². The van der Waals surface area contributed by atoms with Crippen LogP contribution >= 0.6 is 0 Å². The number of hydrogen-bond donors (Lipinski definition) is 0. The molecule has 3 heteroatoms. The van der Waals surface area contributed by atoms with Crippen LogP contribution in [0.5, 0.6) is 0 Å². The highest BCUT2D eigenvalue weighted by atomic mass is 16.3. The van der Waals surface area contributed by atoms with Gasteiger partial charge in [-0.3, -0.25) is 0 Å². The van der Waals surface area contributed by atoms with E-state index in [1.165, 1.54) is 71.8 Å². The summed E-state index contributed by atoms with van der Waals surface area (Å²) >= 11 is 0. The highest BCUT2D eigenvalue weighted by molar-refractivity contribution is 6.10. The van der Waals surface area contributed by atoms with Crippen LogP contribution in [0.2, 0.25) is 0 Å². The Hall–Kier alpha value is -7.10. The van der Waals surface area contributed by atoms with Gasteiger partial charge in [0.15, 0.2) is 0 Å². The molecular weight excluding hydrogens is 693 g/mol. The van der Waals surface area contributed by atoms with Crippen molar-refractivity contribution in [2.24, 2.45) is 0 Å². The van der Waals surface area contributed by atoms with Gasteiger partial charge in [0.1, 0.15) is 11.3 Å². The predicted molar refractivity (Wildman–Crippen MR) is 239 cm³/mol. The van der Waals surface area contributed by atoms with Gasteiger partial charge in [0.05, 0.1) is 23.1 Å². The van der Waals surface area contributed by atoms with Crippen molar-refractivity contribution in [3.63, 3.8) is 0 Å². The minimum atomic E-state index is 0.211. The molecule has 2 atom stereocenters. The molecule has 57 heavy (non-hydrogen) atoms. The number of nitrogens with zero attached hydrogens (tertiary/aromatic N) is 2. The average molecular weight is 733 g/mol. The monoisotopic (exact) mass is 732 g/mol. The summed E-state index contributed by atoms with van der Waals surface area (Å²) in [5.74, 6) is 0.987. The molecule has 0 N–H and O–H groups in total. The van der Waals surface area contributed by atoms with Crippen molar-refractivity contribution >= 4 is 50.1 Å². The Morgan fingerprint density at radius 3 is 1.96 bits per heavy atom. The molecule has 0 bridgehead atoms. The van der Waals surface area contributed by atoms with Crippen LogP contribution in [0, 0.1) is 0 Å². The predicted octanol–water partition coefficient (Wildman–Crippen LogP) is 13.7. The minimum absolute atomic E-state index is 0.211. The molecule has 7 aromatic carbocycles. The van der Waals surface area contributed by atoms with E-state index in [1.807, 2.05) is 6.07 Å². The number of hydrogen-bond acceptors (Lipinski definition) is 2. The third-order valence-corrected chi connectivity index (χ3v) is 11.9. The van der Waals surface area contributed by atoms with Gasteiger partial charge in [-0.05, 0) is 100 Å². The quantitative estimate of drug-likeness (QED) is 0.163. The molecule has 0 aliphatic heterocycles. The fourth-order valence-corrected chi connectivity index (χ4v) is 9.13. The van der Waals surface area contributed by atoms with E-state index in [1.54, 1.807) is 0 Å². The fourth-order valence-electron chi connectivity index (χ4n) is 9.13. The van der Waals surface area contributed by atoms with Crippen molar-refractivity contribution in [1.29, 1.82) is 0 Å². The van der Waals surface area contributed by atoms with Crippen LogP contribution < -0.4 is 4.90 Å². The molecule has 2 aliphatic carbocycles. The Labute approximate surface area is 332 Å². The van der Waals surface area contributed by atoms with E-state index in [-0.39, 0.29) is 12.1 Å². The Morgan fingerprint density at radius 2 is 1.14 bits per heavy atom. The van der Waals surface area contributed by atoms with Gasteiger partial charge in [-0.1, -0.05) is 146 Å². The Bertz CT molecular complexity index is 3020. The van der Waals surface area contributed by atoms with Gasteiger partial charge < -0.3 is 13.9 Å². The summed E-state index contributed by atoms with van der Waals surface area (Å²) in [6.45, 7) is 0. The van der Waals surface area contributed by atoms with Crippen molar-refractivity contribution in [3.8, 4) is 27.9 Å². The lowest BCUT2D eigenvalue weighted by Crippen LogP contribution is -2.43. The first-order valence-corrected chi connectivity index (χ1v) is 20.0. The van der Waals surface area contributed by atoms with Gasteiger partial charge in [-0.2, -0.15) is 0 Å². The van der Waals surface area contributed by atoms with Crippen LogP contribution in [0.4, 0.5) is 5.69 Å². The number of anilines is 1. The fraction of sp³-hybridized carbons (Fsp3) is 0.0741. The standard InChI is InChI=1S/C54H40N2O/c1-3-12-37(13-4-1)38-22-29-45(30-23-38)56-51-20-9-7-18-47(51)49-35-42(26-32-52(49)56)41-15-11-14-40(34-41)39-24-27-44(28-25-39)55(43-16-5-2-6-17-43)46-31-33-54-50(36-46)48-19-8-10-21-53(48)57-54/h1-27,29-35,44,46H,28,36H2. The highest BCUT2D eigenvalue weighted by Crippen LogP contribution is 2.38. The zero-order valence-electron chi connectivity index (χ0n) is 31.5. The second kappa shape index (κ2) is 13.9. The molecule has 0 saturated carbocycles. The third kappa shape index (κ3) is 5.91. The first-order valence-electron chi connectivity index (χ1n) is 20.0. The molecule has 0 spiro atoms. The lowest BCUT2D eigenvalue weighted by atomic mass is 9.90. The molecule has 0 amide bonds. The molecule has 0 saturated heterocycles. The van der Waals surface area contributed by atoms with Gasteiger partial charge in [0, 0.05) is 39.5 Å². The third-order valence-electron chi connectivity index (χ3n) is 11.9. The highest BCUT2D eigenvalue weighted by Gasteiger charge is 2.29. The van der Waals surface area contributed by atoms with Crippen LogP contribution in [0.3, 0.4) is 0 Å². The van der Waals surface area contributed by atoms with Crippen molar-refractivity contribution in [2.75, 3.05) is 4.90 Å². The van der Waals surface area contributed by atoms with Gasteiger partial charge >= 0.3 is 0 Å². The summed E-state index contributed by atoms with van der Waals surface area (Å²) in [6, 6.07) is 64.0. The maximum atomic E-state index is 6.22. The second-order valence-electron chi connectivity index (χ2n) is 15.2. The Balaban J connectivity index is 0.887. The van der Waals surface area contributed by atoms with Crippen molar-refractivity contribution in [1.82, 2.24) is 4.57 Å². The van der Waals surface area contributed by atoms with Crippen LogP contribution in [-0.2, 0) is 6.42 Å². The zero-order valence-corrected chi connectivity index (χ0v) is 31.5. The summed E-state index contributed by atoms with van der Waals surface area (Å²) in [6.07, 6.45) is 13.5. The molecule has 11 rings (SSSR count). The molecule has 0 fully saturated rings. The van der Waals surface area contributed by atoms with Gasteiger partial charge in [-0.15, -0.1) is 0 Å². The molecular formula is C54H40N2O. The molecule has 272 valence electrons. The number of para-hydroxylation sites is 3. The molecule has 2 unspecified atom stereocenters. The van der Waals surface area contributed by atoms with E-state index in [0.717, 1.165) is 29.9 Å². The van der Waals surface area contributed by atoms with E-state index in [2.05, 4.69) is 210 Å². The molecule has 2 aliphatic rings. The second-order valence-corrected chi connectivity index (χ2v) is 15.2.